The van der Waals surface area contributed by atoms with E-state index >= 15 is 0 Å². The van der Waals surface area contributed by atoms with Crippen molar-refractivity contribution in [1.82, 2.24) is 0 Å². The second-order valence-corrected chi connectivity index (χ2v) is 7.15. The highest BCUT2D eigenvalue weighted by Crippen LogP contribution is 2.29. The van der Waals surface area contributed by atoms with E-state index < -0.39 is 0 Å². The summed E-state index contributed by atoms with van der Waals surface area (Å²) in [5, 5.41) is 11.1. The smallest absolute Gasteiger partial charge is 0.0671 e. The standard InChI is InChI=1S/C17H26OS/c1-13-7-6-8-14(2)17(13)11-15(18)12-19-16-9-4-3-5-10-16/h6-8,15-16,18H,3-5,9-12H2,1-2H3. The number of aliphatic hydroxyl groups excluding tert-OH is 1. The maximum atomic E-state index is 10.3. The zero-order chi connectivity index (χ0) is 13.7. The summed E-state index contributed by atoms with van der Waals surface area (Å²) in [6, 6.07) is 6.38. The number of hydrogen-bond acceptors (Lipinski definition) is 2. The van der Waals surface area contributed by atoms with E-state index in [1.807, 2.05) is 11.8 Å². The van der Waals surface area contributed by atoms with Crippen LogP contribution in [0, 0.1) is 13.8 Å². The van der Waals surface area contributed by atoms with Crippen molar-refractivity contribution in [2.24, 2.45) is 0 Å². The topological polar surface area (TPSA) is 20.2 Å². The first-order valence-electron chi connectivity index (χ1n) is 7.51. The van der Waals surface area contributed by atoms with Crippen LogP contribution in [0.25, 0.3) is 0 Å². The molecule has 1 N–H and O–H groups in total. The Labute approximate surface area is 121 Å². The molecular formula is C17H26OS. The van der Waals surface area contributed by atoms with E-state index in [2.05, 4.69) is 32.0 Å². The molecule has 1 fully saturated rings. The summed E-state index contributed by atoms with van der Waals surface area (Å²) >= 11 is 1.99. The Bertz CT molecular complexity index is 376. The van der Waals surface area contributed by atoms with E-state index in [1.54, 1.807) is 0 Å². The van der Waals surface area contributed by atoms with Crippen molar-refractivity contribution in [3.8, 4) is 0 Å². The normalized spacial score (nSPS) is 18.5. The SMILES string of the molecule is Cc1cccc(C)c1CC(O)CSC1CCCCC1. The molecule has 0 aromatic heterocycles. The molecule has 1 aliphatic rings. The van der Waals surface area contributed by atoms with Crippen molar-refractivity contribution >= 4 is 11.8 Å². The third-order valence-corrected chi connectivity index (χ3v) is 5.68. The molecule has 1 saturated carbocycles. The van der Waals surface area contributed by atoms with Gasteiger partial charge in [-0.1, -0.05) is 37.5 Å². The Morgan fingerprint density at radius 2 is 1.79 bits per heavy atom. The average Bonchev–Trinajstić information content (AvgIpc) is 2.42. The first kappa shape index (κ1) is 14.9. The summed E-state index contributed by atoms with van der Waals surface area (Å²) in [5.74, 6) is 0.887. The van der Waals surface area contributed by atoms with Gasteiger partial charge in [-0.15, -0.1) is 0 Å². The minimum absolute atomic E-state index is 0.202. The second-order valence-electron chi connectivity index (χ2n) is 5.82. The van der Waals surface area contributed by atoms with Crippen molar-refractivity contribution in [1.29, 1.82) is 0 Å². The lowest BCUT2D eigenvalue weighted by Gasteiger charge is -2.22. The van der Waals surface area contributed by atoms with Crippen LogP contribution in [0.1, 0.15) is 48.8 Å². The number of hydrogen-bond donors (Lipinski definition) is 1. The molecule has 2 rings (SSSR count). The zero-order valence-electron chi connectivity index (χ0n) is 12.2. The van der Waals surface area contributed by atoms with Gasteiger partial charge in [0, 0.05) is 11.0 Å². The van der Waals surface area contributed by atoms with Crippen LogP contribution in [-0.4, -0.2) is 22.2 Å². The molecule has 1 aliphatic carbocycles. The molecule has 1 nitrogen and oxygen atoms in total. The highest BCUT2D eigenvalue weighted by atomic mass is 32.2. The minimum Gasteiger partial charge on any atom is -0.392 e. The van der Waals surface area contributed by atoms with Gasteiger partial charge in [-0.2, -0.15) is 11.8 Å². The van der Waals surface area contributed by atoms with Gasteiger partial charge in [-0.05, 0) is 49.8 Å². The van der Waals surface area contributed by atoms with Gasteiger partial charge < -0.3 is 5.11 Å². The molecule has 0 radical (unpaired) electrons. The van der Waals surface area contributed by atoms with E-state index in [0.717, 1.165) is 17.4 Å². The molecule has 19 heavy (non-hydrogen) atoms. The Morgan fingerprint density at radius 1 is 1.16 bits per heavy atom. The molecule has 0 heterocycles. The number of benzene rings is 1. The summed E-state index contributed by atoms with van der Waals surface area (Å²) in [7, 11) is 0. The lowest BCUT2D eigenvalue weighted by molar-refractivity contribution is 0.199. The largest absolute Gasteiger partial charge is 0.392 e. The van der Waals surface area contributed by atoms with Gasteiger partial charge in [0.05, 0.1) is 6.10 Å². The van der Waals surface area contributed by atoms with Gasteiger partial charge in [-0.25, -0.2) is 0 Å². The minimum atomic E-state index is -0.202. The molecule has 1 unspecified atom stereocenters. The maximum absolute atomic E-state index is 10.3. The van der Waals surface area contributed by atoms with Crippen LogP contribution in [0.4, 0.5) is 0 Å². The van der Waals surface area contributed by atoms with Crippen molar-refractivity contribution < 1.29 is 5.11 Å². The fourth-order valence-electron chi connectivity index (χ4n) is 2.94. The summed E-state index contributed by atoms with van der Waals surface area (Å²) in [4.78, 5) is 0. The van der Waals surface area contributed by atoms with Gasteiger partial charge >= 0.3 is 0 Å². The van der Waals surface area contributed by atoms with Crippen molar-refractivity contribution in [2.45, 2.75) is 63.7 Å². The fraction of sp³-hybridized carbons (Fsp3) is 0.647. The molecule has 0 amide bonds. The third-order valence-electron chi connectivity index (χ3n) is 4.16. The van der Waals surface area contributed by atoms with Crippen LogP contribution in [0.15, 0.2) is 18.2 Å². The van der Waals surface area contributed by atoms with Crippen molar-refractivity contribution in [2.75, 3.05) is 5.75 Å². The van der Waals surface area contributed by atoms with Gasteiger partial charge in [-0.3, -0.25) is 0 Å². The van der Waals surface area contributed by atoms with Crippen LogP contribution in [0.3, 0.4) is 0 Å². The van der Waals surface area contributed by atoms with E-state index in [9.17, 15) is 5.11 Å². The Hall–Kier alpha value is -0.470. The first-order chi connectivity index (χ1) is 9.16. The van der Waals surface area contributed by atoms with E-state index in [-0.39, 0.29) is 6.10 Å². The van der Waals surface area contributed by atoms with Crippen molar-refractivity contribution in [3.05, 3.63) is 34.9 Å². The Balaban J connectivity index is 1.82. The molecule has 1 atom stereocenters. The van der Waals surface area contributed by atoms with Gasteiger partial charge in [0.15, 0.2) is 0 Å². The molecule has 106 valence electrons. The predicted octanol–water partition coefficient (Wildman–Crippen LogP) is 4.27. The quantitative estimate of drug-likeness (QED) is 0.868. The molecular weight excluding hydrogens is 252 g/mol. The van der Waals surface area contributed by atoms with E-state index in [1.165, 1.54) is 48.8 Å². The molecule has 2 heteroatoms. The lowest BCUT2D eigenvalue weighted by atomic mass is 9.98. The summed E-state index contributed by atoms with van der Waals surface area (Å²) in [5.41, 5.74) is 3.95. The molecule has 1 aromatic carbocycles. The Kier molecular flexibility index (Phi) is 5.77. The van der Waals surface area contributed by atoms with Crippen LogP contribution in [0.2, 0.25) is 0 Å². The van der Waals surface area contributed by atoms with Crippen LogP contribution >= 0.6 is 11.8 Å². The van der Waals surface area contributed by atoms with Crippen molar-refractivity contribution in [3.63, 3.8) is 0 Å². The summed E-state index contributed by atoms with van der Waals surface area (Å²) in [6.45, 7) is 4.28. The lowest BCUT2D eigenvalue weighted by Crippen LogP contribution is -2.18. The molecule has 0 bridgehead atoms. The maximum Gasteiger partial charge on any atom is 0.0671 e. The van der Waals surface area contributed by atoms with Gasteiger partial charge in [0.2, 0.25) is 0 Å². The van der Waals surface area contributed by atoms with E-state index in [0.29, 0.717) is 0 Å². The van der Waals surface area contributed by atoms with Gasteiger partial charge in [0.1, 0.15) is 0 Å². The monoisotopic (exact) mass is 278 g/mol. The number of aliphatic hydroxyl groups is 1. The van der Waals surface area contributed by atoms with Crippen LogP contribution in [-0.2, 0) is 6.42 Å². The number of thioether (sulfide) groups is 1. The number of aryl methyl sites for hydroxylation is 2. The van der Waals surface area contributed by atoms with Crippen LogP contribution in [0.5, 0.6) is 0 Å². The second kappa shape index (κ2) is 7.35. The highest BCUT2D eigenvalue weighted by Gasteiger charge is 2.16. The summed E-state index contributed by atoms with van der Waals surface area (Å²) < 4.78 is 0. The average molecular weight is 278 g/mol. The predicted molar refractivity (Wildman–Crippen MR) is 85.0 cm³/mol. The molecule has 1 aromatic rings. The first-order valence-corrected chi connectivity index (χ1v) is 8.56. The molecule has 0 spiro atoms. The summed E-state index contributed by atoms with van der Waals surface area (Å²) in [6.07, 6.45) is 7.46. The van der Waals surface area contributed by atoms with Gasteiger partial charge in [0.25, 0.3) is 0 Å². The Morgan fingerprint density at radius 3 is 2.42 bits per heavy atom. The van der Waals surface area contributed by atoms with E-state index in [4.69, 9.17) is 0 Å². The zero-order valence-corrected chi connectivity index (χ0v) is 13.0. The van der Waals surface area contributed by atoms with Crippen LogP contribution < -0.4 is 0 Å². The highest BCUT2D eigenvalue weighted by molar-refractivity contribution is 7.99. The third kappa shape index (κ3) is 4.54. The molecule has 0 saturated heterocycles. The fourth-order valence-corrected chi connectivity index (χ4v) is 4.22. The number of rotatable bonds is 5. The molecule has 0 aliphatic heterocycles.